The van der Waals surface area contributed by atoms with Gasteiger partial charge in [-0.15, -0.1) is 0 Å². The molecule has 1 aliphatic heterocycles. The first-order valence-corrected chi connectivity index (χ1v) is 11.4. The molecule has 3 aromatic rings. The zero-order chi connectivity index (χ0) is 23.9. The van der Waals surface area contributed by atoms with E-state index in [1.165, 1.54) is 13.3 Å². The Morgan fingerprint density at radius 2 is 2.00 bits per heavy atom. The molecule has 34 heavy (non-hydrogen) atoms. The molecular formula is C25H31FN4O4. The highest BCUT2D eigenvalue weighted by atomic mass is 19.1. The first kappa shape index (κ1) is 24.4. The molecule has 3 atom stereocenters. The molecule has 182 valence electrons. The first-order chi connectivity index (χ1) is 16.6. The maximum absolute atomic E-state index is 14.6. The summed E-state index contributed by atoms with van der Waals surface area (Å²) in [4.78, 5) is 10.8. The molecule has 1 aliphatic rings. The lowest BCUT2D eigenvalue weighted by atomic mass is 10.1. The highest BCUT2D eigenvalue weighted by Crippen LogP contribution is 2.24. The molecule has 9 heteroatoms. The minimum Gasteiger partial charge on any atom is -0.481 e. The molecule has 1 fully saturated rings. The molecule has 0 amide bonds. The van der Waals surface area contributed by atoms with E-state index in [4.69, 9.17) is 14.2 Å². The van der Waals surface area contributed by atoms with Crippen LogP contribution in [0.3, 0.4) is 0 Å². The van der Waals surface area contributed by atoms with Crippen molar-refractivity contribution in [2.24, 2.45) is 5.92 Å². The van der Waals surface area contributed by atoms with Gasteiger partial charge in [-0.3, -0.25) is 15.2 Å². The number of aliphatic hydroxyl groups excluding tert-OH is 1. The van der Waals surface area contributed by atoms with Gasteiger partial charge < -0.3 is 19.3 Å². The number of aliphatic hydroxyl groups is 1. The Bertz CT molecular complexity index is 1070. The van der Waals surface area contributed by atoms with Crippen molar-refractivity contribution < 1.29 is 23.7 Å². The van der Waals surface area contributed by atoms with E-state index in [9.17, 15) is 9.50 Å². The van der Waals surface area contributed by atoms with Crippen LogP contribution in [-0.4, -0.2) is 72.9 Å². The van der Waals surface area contributed by atoms with Crippen molar-refractivity contribution in [2.75, 3.05) is 40.4 Å². The number of hydrogen-bond donors (Lipinski definition) is 2. The SMILES string of the molecule is COc1ccc2ncc(F)c(CCN3C[C@H](CNC(O)OCc4ccccc4)[C@H](OC)C3)c2n1. The second-order valence-electron chi connectivity index (χ2n) is 8.41. The van der Waals surface area contributed by atoms with E-state index >= 15 is 0 Å². The van der Waals surface area contributed by atoms with Crippen LogP contribution in [0.25, 0.3) is 11.0 Å². The Hall–Kier alpha value is -2.69. The zero-order valence-corrected chi connectivity index (χ0v) is 19.5. The maximum Gasteiger partial charge on any atom is 0.213 e. The van der Waals surface area contributed by atoms with Gasteiger partial charge in [-0.1, -0.05) is 30.3 Å². The summed E-state index contributed by atoms with van der Waals surface area (Å²) in [6, 6.07) is 13.2. The molecule has 1 saturated heterocycles. The fourth-order valence-corrected chi connectivity index (χ4v) is 4.33. The monoisotopic (exact) mass is 470 g/mol. The summed E-state index contributed by atoms with van der Waals surface area (Å²) in [5.41, 5.74) is 2.69. The summed E-state index contributed by atoms with van der Waals surface area (Å²) in [5.74, 6) is 0.228. The Balaban J connectivity index is 1.31. The van der Waals surface area contributed by atoms with Crippen molar-refractivity contribution in [3.8, 4) is 5.88 Å². The molecule has 0 aliphatic carbocycles. The van der Waals surface area contributed by atoms with Gasteiger partial charge >= 0.3 is 0 Å². The number of benzene rings is 1. The third-order valence-corrected chi connectivity index (χ3v) is 6.19. The van der Waals surface area contributed by atoms with Crippen LogP contribution in [0.15, 0.2) is 48.7 Å². The lowest BCUT2D eigenvalue weighted by Gasteiger charge is -2.20. The Morgan fingerprint density at radius 3 is 2.76 bits per heavy atom. The molecular weight excluding hydrogens is 439 g/mol. The number of pyridine rings is 2. The number of hydrogen-bond acceptors (Lipinski definition) is 8. The maximum atomic E-state index is 14.6. The van der Waals surface area contributed by atoms with Gasteiger partial charge in [0.2, 0.25) is 12.3 Å². The number of fused-ring (bicyclic) bond motifs is 1. The van der Waals surface area contributed by atoms with E-state index in [1.54, 1.807) is 19.2 Å². The lowest BCUT2D eigenvalue weighted by Crippen LogP contribution is -2.39. The largest absolute Gasteiger partial charge is 0.481 e. The summed E-state index contributed by atoms with van der Waals surface area (Å²) in [5, 5.41) is 13.2. The average molecular weight is 471 g/mol. The molecule has 2 aromatic heterocycles. The van der Waals surface area contributed by atoms with Crippen molar-refractivity contribution in [2.45, 2.75) is 25.5 Å². The Kier molecular flexibility index (Phi) is 8.36. The van der Waals surface area contributed by atoms with Crippen LogP contribution in [0, 0.1) is 11.7 Å². The summed E-state index contributed by atoms with van der Waals surface area (Å²) >= 11 is 0. The van der Waals surface area contributed by atoms with Crippen LogP contribution in [-0.2, 0) is 22.5 Å². The topological polar surface area (TPSA) is 89.0 Å². The number of nitrogens with one attached hydrogen (secondary N) is 1. The van der Waals surface area contributed by atoms with E-state index in [0.29, 0.717) is 48.6 Å². The minimum atomic E-state index is -1.06. The molecule has 3 heterocycles. The van der Waals surface area contributed by atoms with E-state index in [2.05, 4.69) is 20.2 Å². The predicted molar refractivity (Wildman–Crippen MR) is 126 cm³/mol. The minimum absolute atomic E-state index is 0.00562. The fourth-order valence-electron chi connectivity index (χ4n) is 4.33. The number of aromatic nitrogens is 2. The highest BCUT2D eigenvalue weighted by molar-refractivity contribution is 5.78. The number of nitrogens with zero attached hydrogens (tertiary/aromatic N) is 3. The molecule has 4 rings (SSSR count). The van der Waals surface area contributed by atoms with Gasteiger partial charge in [0.05, 0.1) is 37.1 Å². The van der Waals surface area contributed by atoms with Crippen molar-refractivity contribution in [3.05, 3.63) is 65.6 Å². The number of rotatable bonds is 11. The summed E-state index contributed by atoms with van der Waals surface area (Å²) < 4.78 is 31.0. The van der Waals surface area contributed by atoms with Gasteiger partial charge in [-0.25, -0.2) is 9.37 Å². The average Bonchev–Trinajstić information content (AvgIpc) is 3.28. The molecule has 0 radical (unpaired) electrons. The molecule has 0 bridgehead atoms. The van der Waals surface area contributed by atoms with Gasteiger partial charge in [0.1, 0.15) is 5.82 Å². The molecule has 1 aromatic carbocycles. The smallest absolute Gasteiger partial charge is 0.213 e. The van der Waals surface area contributed by atoms with Gasteiger partial charge in [-0.2, -0.15) is 0 Å². The van der Waals surface area contributed by atoms with Crippen LogP contribution in [0.5, 0.6) is 5.88 Å². The Morgan fingerprint density at radius 1 is 1.18 bits per heavy atom. The zero-order valence-electron chi connectivity index (χ0n) is 19.5. The highest BCUT2D eigenvalue weighted by Gasteiger charge is 2.33. The van der Waals surface area contributed by atoms with Crippen molar-refractivity contribution >= 4 is 11.0 Å². The molecule has 2 N–H and O–H groups in total. The third-order valence-electron chi connectivity index (χ3n) is 6.19. The van der Waals surface area contributed by atoms with E-state index < -0.39 is 6.41 Å². The van der Waals surface area contributed by atoms with Crippen molar-refractivity contribution in [1.82, 2.24) is 20.2 Å². The standard InChI is InChI=1S/C25H31FN4O4/c1-32-22-15-30(14-18(22)12-28-25(31)34-16-17-6-4-3-5-7-17)11-10-19-20(26)13-27-21-8-9-23(33-2)29-24(19)21/h3-9,13,18,22,25,28,31H,10-12,14-16H2,1-2H3/t18-,22+,25?/m0/s1. The quantitative estimate of drug-likeness (QED) is 0.413. The van der Waals surface area contributed by atoms with Gasteiger partial charge in [0.25, 0.3) is 0 Å². The molecule has 0 saturated carbocycles. The molecule has 8 nitrogen and oxygen atoms in total. The number of methoxy groups -OCH3 is 2. The fraction of sp³-hybridized carbons (Fsp3) is 0.440. The summed E-state index contributed by atoms with van der Waals surface area (Å²) in [6.07, 6.45) is 0.679. The summed E-state index contributed by atoms with van der Waals surface area (Å²) in [7, 11) is 3.23. The predicted octanol–water partition coefficient (Wildman–Crippen LogP) is 2.35. The first-order valence-electron chi connectivity index (χ1n) is 11.4. The van der Waals surface area contributed by atoms with Crippen molar-refractivity contribution in [3.63, 3.8) is 0 Å². The van der Waals surface area contributed by atoms with Gasteiger partial charge in [-0.05, 0) is 18.1 Å². The Labute approximate surface area is 198 Å². The van der Waals surface area contributed by atoms with E-state index in [1.807, 2.05) is 30.3 Å². The van der Waals surface area contributed by atoms with E-state index in [-0.39, 0.29) is 17.8 Å². The molecule has 0 spiro atoms. The third kappa shape index (κ3) is 6.05. The van der Waals surface area contributed by atoms with Gasteiger partial charge in [0, 0.05) is 50.8 Å². The van der Waals surface area contributed by atoms with Crippen LogP contribution >= 0.6 is 0 Å². The second kappa shape index (κ2) is 11.6. The lowest BCUT2D eigenvalue weighted by molar-refractivity contribution is -0.131. The number of halogens is 1. The van der Waals surface area contributed by atoms with E-state index in [0.717, 1.165) is 18.7 Å². The van der Waals surface area contributed by atoms with Crippen LogP contribution in [0.4, 0.5) is 4.39 Å². The van der Waals surface area contributed by atoms with Crippen LogP contribution in [0.2, 0.25) is 0 Å². The summed E-state index contributed by atoms with van der Waals surface area (Å²) in [6.45, 7) is 3.00. The normalized spacial score (nSPS) is 19.5. The van der Waals surface area contributed by atoms with Gasteiger partial charge in [0.15, 0.2) is 0 Å². The molecule has 1 unspecified atom stereocenters. The van der Waals surface area contributed by atoms with Crippen LogP contribution in [0.1, 0.15) is 11.1 Å². The van der Waals surface area contributed by atoms with Crippen LogP contribution < -0.4 is 10.1 Å². The number of ether oxygens (including phenoxy) is 3. The second-order valence-corrected chi connectivity index (χ2v) is 8.41. The number of likely N-dealkylation sites (tertiary alicyclic amines) is 1. The van der Waals surface area contributed by atoms with Crippen molar-refractivity contribution in [1.29, 1.82) is 0 Å².